The Morgan fingerprint density at radius 2 is 1.79 bits per heavy atom. The van der Waals surface area contributed by atoms with E-state index in [1.807, 2.05) is 37.3 Å². The molecule has 4 rings (SSSR count). The molecule has 0 radical (unpaired) electrons. The normalized spacial score (nSPS) is 13.6. The van der Waals surface area contributed by atoms with Crippen LogP contribution in [-0.4, -0.2) is 47.9 Å². The average molecular weight is 466 g/mol. The first-order valence-electron chi connectivity index (χ1n) is 10.5. The summed E-state index contributed by atoms with van der Waals surface area (Å²) in [6.45, 7) is 5.48. The number of hydrogen-bond donors (Lipinski definition) is 1. The first-order chi connectivity index (χ1) is 15.9. The summed E-state index contributed by atoms with van der Waals surface area (Å²) in [6.07, 6.45) is 0. The van der Waals surface area contributed by atoms with Crippen LogP contribution in [0.5, 0.6) is 0 Å². The molecule has 0 saturated carbocycles. The van der Waals surface area contributed by atoms with Crippen molar-refractivity contribution in [2.45, 2.75) is 13.8 Å². The summed E-state index contributed by atoms with van der Waals surface area (Å²) in [5.74, 6) is -0.659. The number of morpholine rings is 1. The fraction of sp³-hybridized carbons (Fsp3) is 0.250. The van der Waals surface area contributed by atoms with Gasteiger partial charge in [0.1, 0.15) is 5.00 Å². The Kier molecular flexibility index (Phi) is 6.52. The summed E-state index contributed by atoms with van der Waals surface area (Å²) < 4.78 is 5.37. The Labute approximate surface area is 194 Å². The number of nitro groups is 1. The maximum Gasteiger partial charge on any atom is 0.270 e. The van der Waals surface area contributed by atoms with E-state index in [9.17, 15) is 19.7 Å². The van der Waals surface area contributed by atoms with Crippen molar-refractivity contribution in [2.24, 2.45) is 0 Å². The largest absolute Gasteiger partial charge is 0.378 e. The molecule has 9 heteroatoms. The summed E-state index contributed by atoms with van der Waals surface area (Å²) in [4.78, 5) is 39.9. The molecule has 0 bridgehead atoms. The number of amides is 2. The fourth-order valence-electron chi connectivity index (χ4n) is 3.79. The van der Waals surface area contributed by atoms with Crippen molar-refractivity contribution < 1.29 is 19.2 Å². The Balaban J connectivity index is 1.75. The highest BCUT2D eigenvalue weighted by Crippen LogP contribution is 2.41. The molecule has 3 aromatic rings. The fourth-order valence-corrected chi connectivity index (χ4v) is 4.99. The second-order valence-corrected chi connectivity index (χ2v) is 8.76. The molecular weight excluding hydrogens is 442 g/mol. The van der Waals surface area contributed by atoms with Gasteiger partial charge in [0.05, 0.1) is 23.7 Å². The van der Waals surface area contributed by atoms with Gasteiger partial charge in [0, 0.05) is 35.7 Å². The van der Waals surface area contributed by atoms with Crippen LogP contribution in [0.4, 0.5) is 10.7 Å². The first-order valence-corrected chi connectivity index (χ1v) is 11.3. The van der Waals surface area contributed by atoms with Crippen molar-refractivity contribution in [1.29, 1.82) is 0 Å². The Bertz CT molecular complexity index is 1220. The van der Waals surface area contributed by atoms with Gasteiger partial charge >= 0.3 is 0 Å². The van der Waals surface area contributed by atoms with E-state index in [0.29, 0.717) is 42.4 Å². The van der Waals surface area contributed by atoms with Gasteiger partial charge in [-0.25, -0.2) is 0 Å². The lowest BCUT2D eigenvalue weighted by Crippen LogP contribution is -2.41. The molecule has 2 heterocycles. The van der Waals surface area contributed by atoms with Crippen LogP contribution in [0.3, 0.4) is 0 Å². The number of non-ortho nitro benzene ring substituents is 1. The zero-order valence-electron chi connectivity index (χ0n) is 18.3. The van der Waals surface area contributed by atoms with E-state index in [-0.39, 0.29) is 17.2 Å². The van der Waals surface area contributed by atoms with Gasteiger partial charge < -0.3 is 15.0 Å². The number of anilines is 1. The van der Waals surface area contributed by atoms with Crippen molar-refractivity contribution in [3.8, 4) is 10.4 Å². The van der Waals surface area contributed by atoms with E-state index in [0.717, 1.165) is 16.0 Å². The average Bonchev–Trinajstić information content (AvgIpc) is 3.15. The molecule has 2 amide bonds. The lowest BCUT2D eigenvalue weighted by Gasteiger charge is -2.27. The second kappa shape index (κ2) is 9.51. The predicted octanol–water partition coefficient (Wildman–Crippen LogP) is 4.66. The molecule has 170 valence electrons. The summed E-state index contributed by atoms with van der Waals surface area (Å²) in [6, 6.07) is 13.8. The third kappa shape index (κ3) is 4.64. The minimum Gasteiger partial charge on any atom is -0.378 e. The van der Waals surface area contributed by atoms with E-state index in [1.165, 1.54) is 23.5 Å². The monoisotopic (exact) mass is 465 g/mol. The number of benzene rings is 2. The summed E-state index contributed by atoms with van der Waals surface area (Å²) in [7, 11) is 0. The van der Waals surface area contributed by atoms with Gasteiger partial charge in [0.2, 0.25) is 0 Å². The van der Waals surface area contributed by atoms with Gasteiger partial charge in [-0.1, -0.05) is 36.4 Å². The number of nitrogens with one attached hydrogen (secondary N) is 1. The maximum absolute atomic E-state index is 13.5. The molecule has 1 aliphatic rings. The van der Waals surface area contributed by atoms with Gasteiger partial charge in [-0.05, 0) is 30.5 Å². The summed E-state index contributed by atoms with van der Waals surface area (Å²) in [5, 5.41) is 14.5. The van der Waals surface area contributed by atoms with Crippen LogP contribution in [0.15, 0.2) is 48.5 Å². The van der Waals surface area contributed by atoms with Crippen LogP contribution >= 0.6 is 11.3 Å². The van der Waals surface area contributed by atoms with Gasteiger partial charge in [-0.2, -0.15) is 0 Å². The number of aryl methyl sites for hydroxylation is 1. The van der Waals surface area contributed by atoms with E-state index in [4.69, 9.17) is 4.74 Å². The highest BCUT2D eigenvalue weighted by atomic mass is 32.1. The van der Waals surface area contributed by atoms with Crippen molar-refractivity contribution in [3.63, 3.8) is 0 Å². The third-order valence-electron chi connectivity index (χ3n) is 5.60. The van der Waals surface area contributed by atoms with Crippen LogP contribution in [0, 0.1) is 24.0 Å². The molecule has 0 atom stereocenters. The molecule has 0 aliphatic carbocycles. The molecule has 33 heavy (non-hydrogen) atoms. The smallest absolute Gasteiger partial charge is 0.270 e. The molecule has 0 spiro atoms. The van der Waals surface area contributed by atoms with Crippen LogP contribution < -0.4 is 5.32 Å². The number of thiophene rings is 1. The van der Waals surface area contributed by atoms with Gasteiger partial charge in [0.15, 0.2) is 0 Å². The standard InChI is InChI=1S/C24H23N3O5S/c1-15-8-9-18(27(30)31)14-19(15)22(28)25-23-20(24(29)26-10-12-32-13-11-26)16(2)21(33-23)17-6-4-3-5-7-17/h3-9,14H,10-13H2,1-2H3,(H,25,28). The molecule has 1 aliphatic heterocycles. The van der Waals surface area contributed by atoms with E-state index >= 15 is 0 Å². The quantitative estimate of drug-likeness (QED) is 0.436. The minimum absolute atomic E-state index is 0.164. The van der Waals surface area contributed by atoms with Gasteiger partial charge in [-0.3, -0.25) is 19.7 Å². The number of carbonyl (C=O) groups is 2. The number of hydrogen-bond acceptors (Lipinski definition) is 6. The Morgan fingerprint density at radius 1 is 1.09 bits per heavy atom. The minimum atomic E-state index is -0.535. The van der Waals surface area contributed by atoms with Crippen LogP contribution in [0.2, 0.25) is 0 Å². The van der Waals surface area contributed by atoms with E-state index < -0.39 is 10.8 Å². The second-order valence-electron chi connectivity index (χ2n) is 7.74. The van der Waals surface area contributed by atoms with Crippen molar-refractivity contribution in [1.82, 2.24) is 4.90 Å². The SMILES string of the molecule is Cc1ccc([N+](=O)[O-])cc1C(=O)Nc1sc(-c2ccccc2)c(C)c1C(=O)N1CCOCC1. The molecule has 1 N–H and O–H groups in total. The van der Waals surface area contributed by atoms with Gasteiger partial charge in [-0.15, -0.1) is 11.3 Å². The summed E-state index contributed by atoms with van der Waals surface area (Å²) in [5.41, 5.74) is 2.81. The molecule has 8 nitrogen and oxygen atoms in total. The van der Waals surface area contributed by atoms with Crippen molar-refractivity contribution >= 4 is 33.8 Å². The predicted molar refractivity (Wildman–Crippen MR) is 127 cm³/mol. The zero-order chi connectivity index (χ0) is 23.5. The van der Waals surface area contributed by atoms with Gasteiger partial charge in [0.25, 0.3) is 17.5 Å². The van der Waals surface area contributed by atoms with Crippen molar-refractivity contribution in [3.05, 3.63) is 80.9 Å². The molecular formula is C24H23N3O5S. The number of ether oxygens (including phenoxy) is 1. The molecule has 1 fully saturated rings. The number of nitro benzene ring substituents is 1. The molecule has 1 aromatic heterocycles. The third-order valence-corrected chi connectivity index (χ3v) is 6.85. The van der Waals surface area contributed by atoms with E-state index in [2.05, 4.69) is 5.32 Å². The molecule has 0 unspecified atom stereocenters. The van der Waals surface area contributed by atoms with Crippen molar-refractivity contribution in [2.75, 3.05) is 31.6 Å². The van der Waals surface area contributed by atoms with Crippen LogP contribution in [0.1, 0.15) is 31.8 Å². The highest BCUT2D eigenvalue weighted by molar-refractivity contribution is 7.20. The highest BCUT2D eigenvalue weighted by Gasteiger charge is 2.28. The first kappa shape index (κ1) is 22.6. The van der Waals surface area contributed by atoms with E-state index in [1.54, 1.807) is 17.9 Å². The Hall–Kier alpha value is -3.56. The zero-order valence-corrected chi connectivity index (χ0v) is 19.1. The summed E-state index contributed by atoms with van der Waals surface area (Å²) >= 11 is 1.33. The Morgan fingerprint density at radius 3 is 2.45 bits per heavy atom. The number of carbonyl (C=O) groups excluding carboxylic acids is 2. The maximum atomic E-state index is 13.5. The van der Waals surface area contributed by atoms with Crippen LogP contribution in [0.25, 0.3) is 10.4 Å². The molecule has 1 saturated heterocycles. The molecule has 2 aromatic carbocycles. The number of nitrogens with zero attached hydrogens (tertiary/aromatic N) is 2. The number of rotatable bonds is 5. The topological polar surface area (TPSA) is 102 Å². The lowest BCUT2D eigenvalue weighted by molar-refractivity contribution is -0.384. The lowest BCUT2D eigenvalue weighted by atomic mass is 10.0. The van der Waals surface area contributed by atoms with Crippen LogP contribution in [-0.2, 0) is 4.74 Å².